The Bertz CT molecular complexity index is 404. The number of methoxy groups -OCH3 is 1. The molecular formula is C13H17FO2S. The number of esters is 1. The molecule has 1 atom stereocenters. The summed E-state index contributed by atoms with van der Waals surface area (Å²) < 4.78 is 17.7. The van der Waals surface area contributed by atoms with Crippen molar-refractivity contribution in [1.29, 1.82) is 0 Å². The number of hydrogen-bond donors (Lipinski definition) is 0. The minimum atomic E-state index is -0.260. The first-order valence-corrected chi connectivity index (χ1v) is 6.34. The Labute approximate surface area is 106 Å². The molecule has 0 aliphatic rings. The summed E-state index contributed by atoms with van der Waals surface area (Å²) in [6.45, 7) is 5.76. The normalized spacial score (nSPS) is 12.6. The number of thioether (sulfide) groups is 1. The van der Waals surface area contributed by atoms with Crippen LogP contribution in [0.4, 0.5) is 4.39 Å². The van der Waals surface area contributed by atoms with Crippen molar-refractivity contribution in [3.05, 3.63) is 29.6 Å². The lowest BCUT2D eigenvalue weighted by molar-refractivity contribution is -0.140. The Morgan fingerprint density at radius 1 is 1.41 bits per heavy atom. The van der Waals surface area contributed by atoms with Crippen molar-refractivity contribution >= 4 is 17.7 Å². The fourth-order valence-electron chi connectivity index (χ4n) is 1.45. The second kappa shape index (κ2) is 6.05. The fourth-order valence-corrected chi connectivity index (χ4v) is 2.58. The third-order valence-corrected chi connectivity index (χ3v) is 4.13. The van der Waals surface area contributed by atoms with Gasteiger partial charge in [0.05, 0.1) is 7.11 Å². The average Bonchev–Trinajstić information content (AvgIpc) is 2.26. The third kappa shape index (κ3) is 3.73. The summed E-state index contributed by atoms with van der Waals surface area (Å²) in [6, 6.07) is 4.58. The van der Waals surface area contributed by atoms with Gasteiger partial charge in [0.2, 0.25) is 0 Å². The predicted octanol–water partition coefficient (Wildman–Crippen LogP) is 3.42. The van der Waals surface area contributed by atoms with Crippen molar-refractivity contribution in [3.8, 4) is 0 Å². The molecule has 0 bridgehead atoms. The van der Waals surface area contributed by atoms with E-state index < -0.39 is 0 Å². The molecular weight excluding hydrogens is 239 g/mol. The van der Waals surface area contributed by atoms with E-state index in [1.165, 1.54) is 31.0 Å². The molecule has 0 amide bonds. The van der Waals surface area contributed by atoms with E-state index >= 15 is 0 Å². The van der Waals surface area contributed by atoms with Crippen molar-refractivity contribution in [3.63, 3.8) is 0 Å². The van der Waals surface area contributed by atoms with Crippen molar-refractivity contribution in [2.75, 3.05) is 7.11 Å². The monoisotopic (exact) mass is 256 g/mol. The van der Waals surface area contributed by atoms with Gasteiger partial charge in [0.15, 0.2) is 0 Å². The van der Waals surface area contributed by atoms with Crippen LogP contribution >= 0.6 is 11.8 Å². The SMILES string of the molecule is COC(=O)C(Sc1ccc(F)cc1C)C(C)C. The lowest BCUT2D eigenvalue weighted by Crippen LogP contribution is -2.24. The molecule has 0 spiro atoms. The highest BCUT2D eigenvalue weighted by molar-refractivity contribution is 8.00. The highest BCUT2D eigenvalue weighted by Gasteiger charge is 2.24. The minimum Gasteiger partial charge on any atom is -0.468 e. The van der Waals surface area contributed by atoms with Gasteiger partial charge in [0.1, 0.15) is 11.1 Å². The Morgan fingerprint density at radius 3 is 2.53 bits per heavy atom. The number of halogens is 1. The highest BCUT2D eigenvalue weighted by Crippen LogP contribution is 2.31. The molecule has 1 aromatic carbocycles. The van der Waals surface area contributed by atoms with Crippen LogP contribution in [0.2, 0.25) is 0 Å². The van der Waals surface area contributed by atoms with Crippen LogP contribution in [-0.4, -0.2) is 18.3 Å². The van der Waals surface area contributed by atoms with Gasteiger partial charge < -0.3 is 4.74 Å². The maximum absolute atomic E-state index is 13.0. The summed E-state index contributed by atoms with van der Waals surface area (Å²) in [4.78, 5) is 12.5. The summed E-state index contributed by atoms with van der Waals surface area (Å²) >= 11 is 1.42. The molecule has 0 saturated carbocycles. The molecule has 1 rings (SSSR count). The third-order valence-electron chi connectivity index (χ3n) is 2.43. The molecule has 0 saturated heterocycles. The van der Waals surface area contributed by atoms with Crippen molar-refractivity contribution in [1.82, 2.24) is 0 Å². The van der Waals surface area contributed by atoms with Crippen LogP contribution < -0.4 is 0 Å². The first-order chi connectivity index (χ1) is 7.95. The molecule has 0 N–H and O–H groups in total. The summed E-state index contributed by atoms with van der Waals surface area (Å²) in [5.41, 5.74) is 0.838. The molecule has 0 heterocycles. The molecule has 0 aliphatic heterocycles. The van der Waals surface area contributed by atoms with E-state index in [2.05, 4.69) is 0 Å². The zero-order chi connectivity index (χ0) is 13.0. The summed E-state index contributed by atoms with van der Waals surface area (Å²) in [6.07, 6.45) is 0. The van der Waals surface area contributed by atoms with Crippen molar-refractivity contribution < 1.29 is 13.9 Å². The summed E-state index contributed by atoms with van der Waals surface area (Å²) in [5.74, 6) is -0.336. The van der Waals surface area contributed by atoms with Crippen molar-refractivity contribution in [2.24, 2.45) is 5.92 Å². The van der Waals surface area contributed by atoms with E-state index in [9.17, 15) is 9.18 Å². The number of benzene rings is 1. The first kappa shape index (κ1) is 14.0. The van der Waals surface area contributed by atoms with E-state index in [1.54, 1.807) is 6.07 Å². The van der Waals surface area contributed by atoms with Crippen LogP contribution in [0.3, 0.4) is 0 Å². The lowest BCUT2D eigenvalue weighted by Gasteiger charge is -2.18. The molecule has 1 unspecified atom stereocenters. The number of aryl methyl sites for hydroxylation is 1. The summed E-state index contributed by atoms with van der Waals surface area (Å²) in [7, 11) is 1.38. The standard InChI is InChI=1S/C13H17FO2S/c1-8(2)12(13(15)16-4)17-11-6-5-10(14)7-9(11)3/h5-8,12H,1-4H3. The molecule has 94 valence electrons. The van der Waals surface area contributed by atoms with Gasteiger partial charge in [0.25, 0.3) is 0 Å². The Balaban J connectivity index is 2.90. The maximum atomic E-state index is 13.0. The van der Waals surface area contributed by atoms with Gasteiger partial charge >= 0.3 is 5.97 Å². The fraction of sp³-hybridized carbons (Fsp3) is 0.462. The van der Waals surface area contributed by atoms with Crippen LogP contribution in [0.5, 0.6) is 0 Å². The van der Waals surface area contributed by atoms with E-state index in [-0.39, 0.29) is 23.0 Å². The second-order valence-corrected chi connectivity index (χ2v) is 5.40. The molecule has 0 aromatic heterocycles. The van der Waals surface area contributed by atoms with Gasteiger partial charge in [-0.05, 0) is 36.6 Å². The van der Waals surface area contributed by atoms with E-state index in [1.807, 2.05) is 20.8 Å². The van der Waals surface area contributed by atoms with Crippen LogP contribution in [0, 0.1) is 18.7 Å². The molecule has 1 aromatic rings. The summed E-state index contributed by atoms with van der Waals surface area (Å²) in [5, 5.41) is -0.260. The maximum Gasteiger partial charge on any atom is 0.319 e. The predicted molar refractivity (Wildman–Crippen MR) is 67.6 cm³/mol. The zero-order valence-electron chi connectivity index (χ0n) is 10.5. The van der Waals surface area contributed by atoms with E-state index in [4.69, 9.17) is 4.74 Å². The number of ether oxygens (including phenoxy) is 1. The van der Waals surface area contributed by atoms with Gasteiger partial charge in [-0.1, -0.05) is 13.8 Å². The number of hydrogen-bond acceptors (Lipinski definition) is 3. The smallest absolute Gasteiger partial charge is 0.319 e. The van der Waals surface area contributed by atoms with Crippen LogP contribution in [0.1, 0.15) is 19.4 Å². The quantitative estimate of drug-likeness (QED) is 0.610. The highest BCUT2D eigenvalue weighted by atomic mass is 32.2. The van der Waals surface area contributed by atoms with Gasteiger partial charge in [-0.25, -0.2) is 4.39 Å². The van der Waals surface area contributed by atoms with E-state index in [0.29, 0.717) is 0 Å². The zero-order valence-corrected chi connectivity index (χ0v) is 11.3. The van der Waals surface area contributed by atoms with Crippen LogP contribution in [-0.2, 0) is 9.53 Å². The van der Waals surface area contributed by atoms with Gasteiger partial charge in [-0.15, -0.1) is 11.8 Å². The topological polar surface area (TPSA) is 26.3 Å². The number of carbonyl (C=O) groups is 1. The van der Waals surface area contributed by atoms with Crippen LogP contribution in [0.25, 0.3) is 0 Å². The number of rotatable bonds is 4. The van der Waals surface area contributed by atoms with Crippen LogP contribution in [0.15, 0.2) is 23.1 Å². The molecule has 2 nitrogen and oxygen atoms in total. The van der Waals surface area contributed by atoms with Gasteiger partial charge in [0, 0.05) is 4.90 Å². The second-order valence-electron chi connectivity index (χ2n) is 4.22. The molecule has 17 heavy (non-hydrogen) atoms. The van der Waals surface area contributed by atoms with Crippen molar-refractivity contribution in [2.45, 2.75) is 30.9 Å². The molecule has 0 aliphatic carbocycles. The van der Waals surface area contributed by atoms with Gasteiger partial charge in [-0.3, -0.25) is 4.79 Å². The van der Waals surface area contributed by atoms with E-state index in [0.717, 1.165) is 10.5 Å². The molecule has 4 heteroatoms. The molecule has 0 fully saturated rings. The Morgan fingerprint density at radius 2 is 2.06 bits per heavy atom. The number of carbonyl (C=O) groups excluding carboxylic acids is 1. The van der Waals surface area contributed by atoms with Gasteiger partial charge in [-0.2, -0.15) is 0 Å². The Kier molecular flexibility index (Phi) is 5.00. The average molecular weight is 256 g/mol. The molecule has 0 radical (unpaired) electrons. The lowest BCUT2D eigenvalue weighted by atomic mass is 10.1. The minimum absolute atomic E-state index is 0.164. The first-order valence-electron chi connectivity index (χ1n) is 5.46. The largest absolute Gasteiger partial charge is 0.468 e. The Hall–Kier alpha value is -1.03.